The van der Waals surface area contributed by atoms with Crippen LogP contribution in [0.4, 0.5) is 18.9 Å². The number of hydrogen-bond acceptors (Lipinski definition) is 8. The summed E-state index contributed by atoms with van der Waals surface area (Å²) in [6, 6.07) is 9.45. The minimum atomic E-state index is -4.56. The van der Waals surface area contributed by atoms with Crippen molar-refractivity contribution in [3.63, 3.8) is 0 Å². The van der Waals surface area contributed by atoms with E-state index in [2.05, 4.69) is 16.5 Å². The Labute approximate surface area is 281 Å². The lowest BCUT2D eigenvalue weighted by Crippen LogP contribution is -2.69. The van der Waals surface area contributed by atoms with Gasteiger partial charge in [0.15, 0.2) is 0 Å². The van der Waals surface area contributed by atoms with Gasteiger partial charge in [0.25, 0.3) is 11.8 Å². The number of carbonyl (C=O) groups is 2. The van der Waals surface area contributed by atoms with Gasteiger partial charge >= 0.3 is 6.18 Å². The number of thiophene rings is 1. The fourth-order valence-corrected chi connectivity index (χ4v) is 7.53. The van der Waals surface area contributed by atoms with Crippen molar-refractivity contribution in [2.24, 2.45) is 0 Å². The molecule has 2 amide bonds. The topological polar surface area (TPSA) is 95.4 Å². The zero-order valence-electron chi connectivity index (χ0n) is 26.5. The van der Waals surface area contributed by atoms with Gasteiger partial charge in [0, 0.05) is 63.0 Å². The first kappa shape index (κ1) is 33.8. The van der Waals surface area contributed by atoms with E-state index in [1.165, 1.54) is 5.38 Å². The minimum absolute atomic E-state index is 0.0577. The van der Waals surface area contributed by atoms with Gasteiger partial charge in [0.2, 0.25) is 5.60 Å². The second-order valence-electron chi connectivity index (χ2n) is 12.3. The van der Waals surface area contributed by atoms with Crippen LogP contribution in [0.1, 0.15) is 58.8 Å². The molecule has 9 nitrogen and oxygen atoms in total. The molecule has 2 saturated heterocycles. The number of ether oxygens (including phenoxy) is 2. The number of nitrogens with zero attached hydrogens (tertiary/aromatic N) is 4. The molecule has 1 N–H and O–H groups in total. The van der Waals surface area contributed by atoms with Gasteiger partial charge in [-0.3, -0.25) is 14.6 Å². The highest BCUT2D eigenvalue weighted by atomic mass is 32.1. The molecule has 3 aromatic rings. The van der Waals surface area contributed by atoms with E-state index < -0.39 is 22.7 Å². The molecule has 1 aromatic carbocycles. The fourth-order valence-electron chi connectivity index (χ4n) is 6.85. The lowest BCUT2D eigenvalue weighted by atomic mass is 9.80. The van der Waals surface area contributed by atoms with E-state index in [-0.39, 0.29) is 49.5 Å². The Kier molecular flexibility index (Phi) is 9.98. The normalized spacial score (nSPS) is 21.6. The maximum atomic E-state index is 14.8. The third kappa shape index (κ3) is 6.88. The van der Waals surface area contributed by atoms with Crippen LogP contribution in [0.5, 0.6) is 11.5 Å². The fraction of sp³-hybridized carbons (Fsp3) is 0.457. The standard InChI is InChI=1S/C35H39F3N4O5S/c1-2-6-30-34(47-25-21-31(48-23-25)35(36,37)38,12-5-14-42(30)32(44)27-22-39-13-11-26(27)24-9-10-24)33(45)41-17-15-40(16-18-41)28-7-3-4-8-29(28)46-20-19-43/h2-4,7-8,11,13,21-24,30,43H,1,5-6,9-10,12,14-20H2/t30-,34+/m1/s1. The molecule has 0 radical (unpaired) electrons. The number of benzene rings is 1. The first-order chi connectivity index (χ1) is 23.2. The summed E-state index contributed by atoms with van der Waals surface area (Å²) in [5, 5.41) is 10.5. The number of piperazine rings is 1. The highest BCUT2D eigenvalue weighted by Crippen LogP contribution is 2.44. The van der Waals surface area contributed by atoms with Gasteiger partial charge in [-0.1, -0.05) is 18.2 Å². The Morgan fingerprint density at radius 3 is 2.58 bits per heavy atom. The van der Waals surface area contributed by atoms with Gasteiger partial charge < -0.3 is 29.3 Å². The molecule has 2 aliphatic heterocycles. The van der Waals surface area contributed by atoms with E-state index in [1.807, 2.05) is 30.3 Å². The molecule has 2 aromatic heterocycles. The summed E-state index contributed by atoms with van der Waals surface area (Å²) in [6.45, 7) is 5.86. The van der Waals surface area contributed by atoms with E-state index in [0.717, 1.165) is 30.2 Å². The average molecular weight is 685 g/mol. The predicted molar refractivity (Wildman–Crippen MR) is 176 cm³/mol. The van der Waals surface area contributed by atoms with Crippen LogP contribution in [0.3, 0.4) is 0 Å². The van der Waals surface area contributed by atoms with Crippen LogP contribution < -0.4 is 14.4 Å². The number of para-hydroxylation sites is 2. The Hall–Kier alpha value is -4.10. The van der Waals surface area contributed by atoms with Crippen molar-refractivity contribution in [1.29, 1.82) is 0 Å². The molecule has 256 valence electrons. The number of halogens is 3. The van der Waals surface area contributed by atoms with Crippen LogP contribution in [0.2, 0.25) is 0 Å². The van der Waals surface area contributed by atoms with E-state index in [0.29, 0.717) is 61.8 Å². The van der Waals surface area contributed by atoms with Crippen molar-refractivity contribution in [2.45, 2.75) is 55.8 Å². The maximum absolute atomic E-state index is 14.8. The van der Waals surface area contributed by atoms with E-state index in [9.17, 15) is 27.9 Å². The lowest BCUT2D eigenvalue weighted by molar-refractivity contribution is -0.158. The summed E-state index contributed by atoms with van der Waals surface area (Å²) in [6.07, 6.45) is 3.09. The molecular formula is C35H39F3N4O5S. The zero-order chi connectivity index (χ0) is 33.9. The van der Waals surface area contributed by atoms with Crippen molar-refractivity contribution in [3.05, 3.63) is 82.8 Å². The van der Waals surface area contributed by atoms with Crippen LogP contribution in [0, 0.1) is 0 Å². The summed E-state index contributed by atoms with van der Waals surface area (Å²) in [5.74, 6) is 0.196. The summed E-state index contributed by atoms with van der Waals surface area (Å²) < 4.78 is 53.1. The smallest absolute Gasteiger partial charge is 0.425 e. The highest BCUT2D eigenvalue weighted by molar-refractivity contribution is 7.10. The number of hydrogen-bond donors (Lipinski definition) is 1. The second kappa shape index (κ2) is 14.2. The Balaban J connectivity index is 1.32. The number of alkyl halides is 3. The van der Waals surface area contributed by atoms with Gasteiger partial charge in [0.05, 0.1) is 23.9 Å². The molecule has 1 aliphatic carbocycles. The van der Waals surface area contributed by atoms with Gasteiger partial charge in [0.1, 0.15) is 23.0 Å². The van der Waals surface area contributed by atoms with Crippen molar-refractivity contribution >= 4 is 28.8 Å². The Bertz CT molecular complexity index is 1620. The average Bonchev–Trinajstić information content (AvgIpc) is 3.84. The van der Waals surface area contributed by atoms with Gasteiger partial charge in [-0.05, 0) is 55.4 Å². The van der Waals surface area contributed by atoms with Crippen LogP contribution in [0.15, 0.2) is 66.8 Å². The van der Waals surface area contributed by atoms with Gasteiger partial charge in [-0.25, -0.2) is 0 Å². The predicted octanol–water partition coefficient (Wildman–Crippen LogP) is 5.76. The second-order valence-corrected chi connectivity index (χ2v) is 13.2. The van der Waals surface area contributed by atoms with E-state index in [1.54, 1.807) is 28.3 Å². The SMILES string of the molecule is C=CC[C@H]1N(C(=O)c2cnccc2C2CC2)CCC[C@@]1(Oc1csc(C(F)(F)F)c1)C(=O)N1CCN(c2ccccc2OCCO)CC1. The summed E-state index contributed by atoms with van der Waals surface area (Å²) in [5.41, 5.74) is 0.577. The van der Waals surface area contributed by atoms with Gasteiger partial charge in [-0.2, -0.15) is 13.2 Å². The number of pyridine rings is 1. The quantitative estimate of drug-likeness (QED) is 0.257. The summed E-state index contributed by atoms with van der Waals surface area (Å²) >= 11 is 0.508. The first-order valence-corrected chi connectivity index (χ1v) is 17.1. The van der Waals surface area contributed by atoms with Crippen molar-refractivity contribution in [1.82, 2.24) is 14.8 Å². The molecule has 0 unspecified atom stereocenters. The Morgan fingerprint density at radius 2 is 1.90 bits per heavy atom. The number of aliphatic hydroxyl groups excluding tert-OH is 1. The molecule has 4 heterocycles. The Morgan fingerprint density at radius 1 is 1.12 bits per heavy atom. The molecule has 0 bridgehead atoms. The molecule has 0 spiro atoms. The molecule has 6 rings (SSSR count). The van der Waals surface area contributed by atoms with Crippen LogP contribution >= 0.6 is 11.3 Å². The first-order valence-electron chi connectivity index (χ1n) is 16.2. The van der Waals surface area contributed by atoms with E-state index in [4.69, 9.17) is 9.47 Å². The number of rotatable bonds is 11. The monoisotopic (exact) mass is 684 g/mol. The zero-order valence-corrected chi connectivity index (χ0v) is 27.3. The molecule has 3 aliphatic rings. The number of likely N-dealkylation sites (tertiary alicyclic amines) is 1. The summed E-state index contributed by atoms with van der Waals surface area (Å²) in [7, 11) is 0. The van der Waals surface area contributed by atoms with Crippen LogP contribution in [0.25, 0.3) is 0 Å². The van der Waals surface area contributed by atoms with Crippen LogP contribution in [-0.2, 0) is 11.0 Å². The highest BCUT2D eigenvalue weighted by Gasteiger charge is 2.55. The van der Waals surface area contributed by atoms with Crippen molar-refractivity contribution in [2.75, 3.05) is 50.8 Å². The number of aromatic nitrogens is 1. The van der Waals surface area contributed by atoms with Gasteiger partial charge in [-0.15, -0.1) is 17.9 Å². The molecule has 3 fully saturated rings. The number of amides is 2. The minimum Gasteiger partial charge on any atom is -0.489 e. The summed E-state index contributed by atoms with van der Waals surface area (Å²) in [4.78, 5) is 38.0. The third-order valence-electron chi connectivity index (χ3n) is 9.25. The van der Waals surface area contributed by atoms with Crippen molar-refractivity contribution in [3.8, 4) is 11.5 Å². The number of aliphatic hydroxyl groups is 1. The number of piperidine rings is 1. The largest absolute Gasteiger partial charge is 0.489 e. The molecule has 13 heteroatoms. The number of anilines is 1. The maximum Gasteiger partial charge on any atom is 0.425 e. The van der Waals surface area contributed by atoms with Crippen molar-refractivity contribution < 1.29 is 37.3 Å². The van der Waals surface area contributed by atoms with Crippen LogP contribution in [-0.4, -0.2) is 89.3 Å². The molecule has 2 atom stereocenters. The molecule has 1 saturated carbocycles. The molecule has 48 heavy (non-hydrogen) atoms. The lowest BCUT2D eigenvalue weighted by Gasteiger charge is -2.50. The van der Waals surface area contributed by atoms with E-state index >= 15 is 0 Å². The number of carbonyl (C=O) groups excluding carboxylic acids is 2. The molecular weight excluding hydrogens is 645 g/mol. The third-order valence-corrected chi connectivity index (χ3v) is 10.2.